The number of hydrogen-bond acceptors (Lipinski definition) is 3. The van der Waals surface area contributed by atoms with E-state index in [-0.39, 0.29) is 24.4 Å². The van der Waals surface area contributed by atoms with Gasteiger partial charge in [0.05, 0.1) is 11.6 Å². The van der Waals surface area contributed by atoms with Crippen molar-refractivity contribution in [2.45, 2.75) is 24.5 Å². The minimum Gasteiger partial charge on any atom is -0.396 e. The molecule has 0 aliphatic heterocycles. The van der Waals surface area contributed by atoms with Crippen LogP contribution in [0.5, 0.6) is 0 Å². The van der Waals surface area contributed by atoms with Crippen LogP contribution in [0, 0.1) is 11.7 Å². The van der Waals surface area contributed by atoms with E-state index in [0.29, 0.717) is 18.4 Å². The highest BCUT2D eigenvalue weighted by Crippen LogP contribution is 2.43. The number of nitrogens with two attached hydrogens (primary N) is 1. The van der Waals surface area contributed by atoms with Gasteiger partial charge in [0.25, 0.3) is 0 Å². The van der Waals surface area contributed by atoms with Crippen LogP contribution >= 0.6 is 0 Å². The number of ether oxygens (including phenoxy) is 1. The number of aliphatic hydroxyl groups excluding tert-OH is 1. The van der Waals surface area contributed by atoms with Gasteiger partial charge in [-0.2, -0.15) is 0 Å². The second-order valence-corrected chi connectivity index (χ2v) is 4.70. The predicted octanol–water partition coefficient (Wildman–Crippen LogP) is 1.40. The molecule has 0 amide bonds. The SMILES string of the molecule is COC1CC(CO)C(N)(c2ccccc2F)C1. The molecule has 3 nitrogen and oxygen atoms in total. The van der Waals surface area contributed by atoms with Crippen molar-refractivity contribution < 1.29 is 14.2 Å². The highest BCUT2D eigenvalue weighted by atomic mass is 19.1. The van der Waals surface area contributed by atoms with E-state index in [4.69, 9.17) is 10.5 Å². The molecule has 0 saturated heterocycles. The summed E-state index contributed by atoms with van der Waals surface area (Å²) in [5, 5.41) is 9.41. The number of rotatable bonds is 3. The van der Waals surface area contributed by atoms with E-state index >= 15 is 0 Å². The Balaban J connectivity index is 2.37. The third-order valence-electron chi connectivity index (χ3n) is 3.77. The standard InChI is InChI=1S/C13H18FNO2/c1-17-10-6-9(8-16)13(15,7-10)11-4-2-3-5-12(11)14/h2-5,9-10,16H,6-8,15H2,1H3. The lowest BCUT2D eigenvalue weighted by atomic mass is 9.81. The van der Waals surface area contributed by atoms with Crippen LogP contribution in [0.3, 0.4) is 0 Å². The van der Waals surface area contributed by atoms with Crippen LogP contribution in [0.2, 0.25) is 0 Å². The first-order chi connectivity index (χ1) is 8.11. The van der Waals surface area contributed by atoms with Crippen molar-refractivity contribution in [2.24, 2.45) is 11.7 Å². The molecule has 0 heterocycles. The molecule has 0 aromatic heterocycles. The lowest BCUT2D eigenvalue weighted by Crippen LogP contribution is -2.42. The fourth-order valence-corrected chi connectivity index (χ4v) is 2.74. The molecule has 3 atom stereocenters. The van der Waals surface area contributed by atoms with Crippen molar-refractivity contribution >= 4 is 0 Å². The van der Waals surface area contributed by atoms with E-state index in [9.17, 15) is 9.50 Å². The van der Waals surface area contributed by atoms with Crippen LogP contribution in [-0.2, 0) is 10.3 Å². The number of methoxy groups -OCH3 is 1. The van der Waals surface area contributed by atoms with E-state index in [2.05, 4.69) is 0 Å². The normalized spacial score (nSPS) is 32.9. The maximum absolute atomic E-state index is 13.8. The summed E-state index contributed by atoms with van der Waals surface area (Å²) in [5.41, 5.74) is 5.96. The summed E-state index contributed by atoms with van der Waals surface area (Å²) < 4.78 is 19.1. The summed E-state index contributed by atoms with van der Waals surface area (Å²) in [5.74, 6) is -0.477. The minimum absolute atomic E-state index is 0.0169. The molecule has 1 fully saturated rings. The molecule has 0 spiro atoms. The Morgan fingerprint density at radius 2 is 2.24 bits per heavy atom. The van der Waals surface area contributed by atoms with Gasteiger partial charge in [0.1, 0.15) is 5.82 Å². The van der Waals surface area contributed by atoms with Crippen molar-refractivity contribution in [3.05, 3.63) is 35.6 Å². The maximum Gasteiger partial charge on any atom is 0.128 e. The van der Waals surface area contributed by atoms with E-state index in [1.807, 2.05) is 0 Å². The fourth-order valence-electron chi connectivity index (χ4n) is 2.74. The number of aliphatic hydroxyl groups is 1. The summed E-state index contributed by atoms with van der Waals surface area (Å²) in [7, 11) is 1.62. The van der Waals surface area contributed by atoms with E-state index < -0.39 is 5.54 Å². The van der Waals surface area contributed by atoms with Crippen molar-refractivity contribution in [2.75, 3.05) is 13.7 Å². The van der Waals surface area contributed by atoms with Crippen LogP contribution in [0.25, 0.3) is 0 Å². The van der Waals surface area contributed by atoms with Gasteiger partial charge < -0.3 is 15.6 Å². The molecule has 1 aromatic rings. The van der Waals surface area contributed by atoms with Gasteiger partial charge in [0.2, 0.25) is 0 Å². The Kier molecular flexibility index (Phi) is 3.47. The molecule has 4 heteroatoms. The molecule has 1 aliphatic carbocycles. The van der Waals surface area contributed by atoms with E-state index in [0.717, 1.165) is 0 Å². The Morgan fingerprint density at radius 1 is 1.53 bits per heavy atom. The van der Waals surface area contributed by atoms with Gasteiger partial charge in [-0.1, -0.05) is 18.2 Å². The molecule has 1 aliphatic rings. The summed E-state index contributed by atoms with van der Waals surface area (Å²) >= 11 is 0. The van der Waals surface area contributed by atoms with Crippen LogP contribution in [-0.4, -0.2) is 24.9 Å². The average Bonchev–Trinajstić information content (AvgIpc) is 2.67. The molecule has 94 valence electrons. The van der Waals surface area contributed by atoms with E-state index in [1.165, 1.54) is 6.07 Å². The molecular weight excluding hydrogens is 221 g/mol. The lowest BCUT2D eigenvalue weighted by Gasteiger charge is -2.31. The molecular formula is C13H18FNO2. The maximum atomic E-state index is 13.8. The number of hydrogen-bond donors (Lipinski definition) is 2. The summed E-state index contributed by atoms with van der Waals surface area (Å²) in [4.78, 5) is 0. The van der Waals surface area contributed by atoms with Crippen molar-refractivity contribution in [3.8, 4) is 0 Å². The zero-order valence-electron chi connectivity index (χ0n) is 9.90. The smallest absolute Gasteiger partial charge is 0.128 e. The van der Waals surface area contributed by atoms with Gasteiger partial charge >= 0.3 is 0 Å². The van der Waals surface area contributed by atoms with E-state index in [1.54, 1.807) is 25.3 Å². The molecule has 1 aromatic carbocycles. The molecule has 0 radical (unpaired) electrons. The van der Waals surface area contributed by atoms with Crippen molar-refractivity contribution in [1.82, 2.24) is 0 Å². The first kappa shape index (κ1) is 12.5. The van der Waals surface area contributed by atoms with Crippen LogP contribution < -0.4 is 5.73 Å². The first-order valence-corrected chi connectivity index (χ1v) is 5.79. The molecule has 3 unspecified atom stereocenters. The first-order valence-electron chi connectivity index (χ1n) is 5.79. The Bertz CT molecular complexity index is 399. The molecule has 0 bridgehead atoms. The Morgan fingerprint density at radius 3 is 2.82 bits per heavy atom. The van der Waals surface area contributed by atoms with Gasteiger partial charge in [-0.3, -0.25) is 0 Å². The largest absolute Gasteiger partial charge is 0.396 e. The van der Waals surface area contributed by atoms with Gasteiger partial charge in [-0.25, -0.2) is 4.39 Å². The van der Waals surface area contributed by atoms with Crippen molar-refractivity contribution in [3.63, 3.8) is 0 Å². The predicted molar refractivity (Wildman–Crippen MR) is 62.9 cm³/mol. The van der Waals surface area contributed by atoms with Crippen molar-refractivity contribution in [1.29, 1.82) is 0 Å². The third-order valence-corrected chi connectivity index (χ3v) is 3.77. The van der Waals surface area contributed by atoms with Crippen LogP contribution in [0.1, 0.15) is 18.4 Å². The average molecular weight is 239 g/mol. The summed E-state index contributed by atoms with van der Waals surface area (Å²) in [6, 6.07) is 6.50. The highest BCUT2D eigenvalue weighted by molar-refractivity contribution is 5.29. The minimum atomic E-state index is -0.833. The quantitative estimate of drug-likeness (QED) is 0.838. The number of benzene rings is 1. The fraction of sp³-hybridized carbons (Fsp3) is 0.538. The molecule has 1 saturated carbocycles. The van der Waals surface area contributed by atoms with Gasteiger partial charge in [0, 0.05) is 25.2 Å². The lowest BCUT2D eigenvalue weighted by molar-refractivity contribution is 0.0996. The Hall–Kier alpha value is -0.970. The van der Waals surface area contributed by atoms with Gasteiger partial charge in [-0.05, 0) is 18.9 Å². The monoisotopic (exact) mass is 239 g/mol. The summed E-state index contributed by atoms with van der Waals surface area (Å²) in [6.07, 6.45) is 1.18. The Labute approximate surface area is 100 Å². The topological polar surface area (TPSA) is 55.5 Å². The third kappa shape index (κ3) is 2.08. The van der Waals surface area contributed by atoms with Crippen LogP contribution in [0.4, 0.5) is 4.39 Å². The van der Waals surface area contributed by atoms with Gasteiger partial charge in [-0.15, -0.1) is 0 Å². The molecule has 3 N–H and O–H groups in total. The highest BCUT2D eigenvalue weighted by Gasteiger charge is 2.46. The summed E-state index contributed by atoms with van der Waals surface area (Å²) in [6.45, 7) is -0.0509. The zero-order chi connectivity index (χ0) is 12.5. The number of halogens is 1. The molecule has 2 rings (SSSR count). The van der Waals surface area contributed by atoms with Gasteiger partial charge in [0.15, 0.2) is 0 Å². The second kappa shape index (κ2) is 4.72. The zero-order valence-corrected chi connectivity index (χ0v) is 9.90. The molecule has 17 heavy (non-hydrogen) atoms. The second-order valence-electron chi connectivity index (χ2n) is 4.70. The van der Waals surface area contributed by atoms with Crippen LogP contribution in [0.15, 0.2) is 24.3 Å².